The first kappa shape index (κ1) is 20.1. The second kappa shape index (κ2) is 9.53. The molecule has 0 spiro atoms. The molecule has 2 saturated heterocycles. The molecule has 2 aliphatic heterocycles. The van der Waals surface area contributed by atoms with Crippen LogP contribution in [0.5, 0.6) is 0 Å². The Bertz CT molecular complexity index is 776. The SMILES string of the molecule is O=C(C1CCN(Cc2ccccc2)CC1)N1CCC(Cc2ccc(F)cc2)CC1. The van der Waals surface area contributed by atoms with Crippen LogP contribution in [0.1, 0.15) is 36.8 Å². The molecular weight excluding hydrogens is 363 g/mol. The van der Waals surface area contributed by atoms with Gasteiger partial charge < -0.3 is 4.90 Å². The highest BCUT2D eigenvalue weighted by Gasteiger charge is 2.30. The fourth-order valence-corrected chi connectivity index (χ4v) is 4.75. The number of rotatable bonds is 5. The van der Waals surface area contributed by atoms with Gasteiger partial charge in [0.2, 0.25) is 5.91 Å². The highest BCUT2D eigenvalue weighted by atomic mass is 19.1. The van der Waals surface area contributed by atoms with Crippen molar-refractivity contribution in [3.8, 4) is 0 Å². The van der Waals surface area contributed by atoms with E-state index in [0.717, 1.165) is 64.8 Å². The Morgan fingerprint density at radius 1 is 0.828 bits per heavy atom. The van der Waals surface area contributed by atoms with Crippen LogP contribution >= 0.6 is 0 Å². The van der Waals surface area contributed by atoms with E-state index in [-0.39, 0.29) is 11.7 Å². The molecule has 3 nitrogen and oxygen atoms in total. The number of piperidine rings is 2. The van der Waals surface area contributed by atoms with Crippen molar-refractivity contribution in [1.82, 2.24) is 9.80 Å². The molecule has 0 radical (unpaired) electrons. The summed E-state index contributed by atoms with van der Waals surface area (Å²) in [6.07, 6.45) is 5.04. The number of halogens is 1. The van der Waals surface area contributed by atoms with Crippen LogP contribution < -0.4 is 0 Å². The van der Waals surface area contributed by atoms with Gasteiger partial charge in [-0.25, -0.2) is 4.39 Å². The number of hydrogen-bond acceptors (Lipinski definition) is 2. The molecule has 29 heavy (non-hydrogen) atoms. The maximum Gasteiger partial charge on any atom is 0.225 e. The van der Waals surface area contributed by atoms with Crippen molar-refractivity contribution in [2.75, 3.05) is 26.2 Å². The van der Waals surface area contributed by atoms with Crippen LogP contribution in [0.25, 0.3) is 0 Å². The van der Waals surface area contributed by atoms with Crippen molar-refractivity contribution in [1.29, 1.82) is 0 Å². The minimum absolute atomic E-state index is 0.177. The molecule has 1 amide bonds. The van der Waals surface area contributed by atoms with Gasteiger partial charge in [-0.05, 0) is 74.4 Å². The first-order valence-corrected chi connectivity index (χ1v) is 11.0. The van der Waals surface area contributed by atoms with E-state index in [2.05, 4.69) is 40.1 Å². The van der Waals surface area contributed by atoms with E-state index in [1.807, 2.05) is 12.1 Å². The Balaban J connectivity index is 1.20. The van der Waals surface area contributed by atoms with Gasteiger partial charge in [-0.2, -0.15) is 0 Å². The van der Waals surface area contributed by atoms with E-state index >= 15 is 0 Å². The third-order valence-corrected chi connectivity index (χ3v) is 6.55. The number of carbonyl (C=O) groups is 1. The average molecular weight is 395 g/mol. The summed E-state index contributed by atoms with van der Waals surface area (Å²) >= 11 is 0. The summed E-state index contributed by atoms with van der Waals surface area (Å²) in [7, 11) is 0. The highest BCUT2D eigenvalue weighted by molar-refractivity contribution is 5.79. The van der Waals surface area contributed by atoms with Gasteiger partial charge in [0.15, 0.2) is 0 Å². The lowest BCUT2D eigenvalue weighted by Gasteiger charge is -2.37. The minimum Gasteiger partial charge on any atom is -0.342 e. The van der Waals surface area contributed by atoms with Crippen molar-refractivity contribution in [2.45, 2.75) is 38.6 Å². The number of nitrogens with zero attached hydrogens (tertiary/aromatic N) is 2. The van der Waals surface area contributed by atoms with Gasteiger partial charge in [0.05, 0.1) is 0 Å². The van der Waals surface area contributed by atoms with Crippen LogP contribution in [0.2, 0.25) is 0 Å². The van der Waals surface area contributed by atoms with Crippen LogP contribution in [-0.4, -0.2) is 41.9 Å². The summed E-state index contributed by atoms with van der Waals surface area (Å²) < 4.78 is 13.1. The predicted molar refractivity (Wildman–Crippen MR) is 114 cm³/mol. The molecular formula is C25H31FN2O. The first-order chi connectivity index (χ1) is 14.2. The van der Waals surface area contributed by atoms with Gasteiger partial charge in [0.1, 0.15) is 5.82 Å². The zero-order valence-corrected chi connectivity index (χ0v) is 17.1. The lowest BCUT2D eigenvalue weighted by molar-refractivity contribution is -0.138. The quantitative estimate of drug-likeness (QED) is 0.744. The summed E-state index contributed by atoms with van der Waals surface area (Å²) in [4.78, 5) is 17.5. The molecule has 4 heteroatoms. The van der Waals surface area contributed by atoms with Crippen molar-refractivity contribution in [3.05, 3.63) is 71.5 Å². The van der Waals surface area contributed by atoms with Gasteiger partial charge in [0, 0.05) is 25.6 Å². The zero-order valence-electron chi connectivity index (χ0n) is 17.1. The van der Waals surface area contributed by atoms with Crippen LogP contribution in [0.3, 0.4) is 0 Å². The standard InChI is InChI=1S/C25H31FN2O/c26-24-8-6-20(7-9-24)18-21-10-16-28(17-11-21)25(29)23-12-14-27(15-13-23)19-22-4-2-1-3-5-22/h1-9,21,23H,10-19H2. The minimum atomic E-state index is -0.177. The number of likely N-dealkylation sites (tertiary alicyclic amines) is 2. The van der Waals surface area contributed by atoms with Crippen molar-refractivity contribution in [3.63, 3.8) is 0 Å². The second-order valence-corrected chi connectivity index (χ2v) is 8.64. The maximum absolute atomic E-state index is 13.1. The normalized spacial score (nSPS) is 19.4. The molecule has 0 unspecified atom stereocenters. The monoisotopic (exact) mass is 394 g/mol. The topological polar surface area (TPSA) is 23.6 Å². The molecule has 0 bridgehead atoms. The Kier molecular flexibility index (Phi) is 6.60. The zero-order chi connectivity index (χ0) is 20.1. The van der Waals surface area contributed by atoms with E-state index in [4.69, 9.17) is 0 Å². The lowest BCUT2D eigenvalue weighted by atomic mass is 9.88. The Hall–Kier alpha value is -2.20. The van der Waals surface area contributed by atoms with Gasteiger partial charge in [-0.3, -0.25) is 9.69 Å². The van der Waals surface area contributed by atoms with Crippen LogP contribution in [0.4, 0.5) is 4.39 Å². The van der Waals surface area contributed by atoms with Crippen molar-refractivity contribution < 1.29 is 9.18 Å². The molecule has 2 heterocycles. The molecule has 0 saturated carbocycles. The molecule has 2 aromatic rings. The summed E-state index contributed by atoms with van der Waals surface area (Å²) in [5.74, 6) is 0.974. The van der Waals surface area contributed by atoms with E-state index < -0.39 is 0 Å². The molecule has 0 N–H and O–H groups in total. The number of carbonyl (C=O) groups excluding carboxylic acids is 1. The van der Waals surface area contributed by atoms with Gasteiger partial charge in [0.25, 0.3) is 0 Å². The third-order valence-electron chi connectivity index (χ3n) is 6.55. The molecule has 2 aromatic carbocycles. The molecule has 0 atom stereocenters. The molecule has 4 rings (SSSR count). The van der Waals surface area contributed by atoms with E-state index in [0.29, 0.717) is 11.8 Å². The fourth-order valence-electron chi connectivity index (χ4n) is 4.75. The summed E-state index contributed by atoms with van der Waals surface area (Å²) in [6, 6.07) is 17.4. The van der Waals surface area contributed by atoms with E-state index in [9.17, 15) is 9.18 Å². The average Bonchev–Trinajstić information content (AvgIpc) is 2.77. The second-order valence-electron chi connectivity index (χ2n) is 8.64. The van der Waals surface area contributed by atoms with Crippen molar-refractivity contribution in [2.24, 2.45) is 11.8 Å². The van der Waals surface area contributed by atoms with Crippen LogP contribution in [0.15, 0.2) is 54.6 Å². The number of amides is 1. The molecule has 154 valence electrons. The summed E-state index contributed by atoms with van der Waals surface area (Å²) in [5.41, 5.74) is 2.54. The molecule has 2 fully saturated rings. The van der Waals surface area contributed by atoms with Crippen LogP contribution in [0, 0.1) is 17.7 Å². The smallest absolute Gasteiger partial charge is 0.225 e. The number of benzene rings is 2. The van der Waals surface area contributed by atoms with Gasteiger partial charge in [-0.1, -0.05) is 42.5 Å². The summed E-state index contributed by atoms with van der Waals surface area (Å²) in [6.45, 7) is 4.74. The first-order valence-electron chi connectivity index (χ1n) is 11.0. The Morgan fingerprint density at radius 3 is 2.14 bits per heavy atom. The van der Waals surface area contributed by atoms with E-state index in [1.54, 1.807) is 0 Å². The molecule has 0 aliphatic carbocycles. The summed E-state index contributed by atoms with van der Waals surface area (Å²) in [5, 5.41) is 0. The number of hydrogen-bond donors (Lipinski definition) is 0. The Morgan fingerprint density at radius 2 is 1.48 bits per heavy atom. The molecule has 2 aliphatic rings. The fraction of sp³-hybridized carbons (Fsp3) is 0.480. The van der Waals surface area contributed by atoms with Crippen LogP contribution in [-0.2, 0) is 17.8 Å². The lowest BCUT2D eigenvalue weighted by Crippen LogP contribution is -2.45. The van der Waals surface area contributed by atoms with Crippen molar-refractivity contribution >= 4 is 5.91 Å². The Labute approximate surface area is 173 Å². The predicted octanol–water partition coefficient (Wildman–Crippen LogP) is 4.52. The van der Waals surface area contributed by atoms with E-state index in [1.165, 1.54) is 23.3 Å². The largest absolute Gasteiger partial charge is 0.342 e. The third kappa shape index (κ3) is 5.45. The van der Waals surface area contributed by atoms with Gasteiger partial charge >= 0.3 is 0 Å². The highest BCUT2D eigenvalue weighted by Crippen LogP contribution is 2.26. The maximum atomic E-state index is 13.1. The van der Waals surface area contributed by atoms with Gasteiger partial charge in [-0.15, -0.1) is 0 Å². The molecule has 0 aromatic heterocycles.